The molecule has 1 atom stereocenters. The molecule has 2 heterocycles. The number of carbonyl (C=O) groups excluding carboxylic acids is 2. The minimum Gasteiger partial charge on any atom is -0.507 e. The molecular formula is C24H22N2O7. The molecule has 4 rings (SSSR count). The number of aryl methyl sites for hydroxylation is 1. The number of aliphatic hydroxyl groups is 1. The number of methoxy groups -OCH3 is 3. The van der Waals surface area contributed by atoms with Gasteiger partial charge in [-0.1, -0.05) is 5.16 Å². The van der Waals surface area contributed by atoms with Gasteiger partial charge in [0.15, 0.2) is 5.82 Å². The molecule has 170 valence electrons. The Labute approximate surface area is 189 Å². The van der Waals surface area contributed by atoms with E-state index in [-0.39, 0.29) is 17.2 Å². The van der Waals surface area contributed by atoms with Crippen LogP contribution in [0, 0.1) is 6.92 Å². The molecule has 0 unspecified atom stereocenters. The second-order valence-corrected chi connectivity index (χ2v) is 7.30. The maximum Gasteiger partial charge on any atom is 0.301 e. The first kappa shape index (κ1) is 21.9. The van der Waals surface area contributed by atoms with Gasteiger partial charge in [0.2, 0.25) is 0 Å². The summed E-state index contributed by atoms with van der Waals surface area (Å²) in [4.78, 5) is 27.5. The van der Waals surface area contributed by atoms with E-state index in [4.69, 9.17) is 18.7 Å². The molecule has 2 aromatic carbocycles. The third-order valence-corrected chi connectivity index (χ3v) is 5.40. The Balaban J connectivity index is 1.98. The van der Waals surface area contributed by atoms with Gasteiger partial charge in [-0.15, -0.1) is 0 Å². The lowest BCUT2D eigenvalue weighted by Gasteiger charge is -2.24. The van der Waals surface area contributed by atoms with Gasteiger partial charge in [0.05, 0.1) is 26.9 Å². The highest BCUT2D eigenvalue weighted by Crippen LogP contribution is 2.45. The fraction of sp³-hybridized carbons (Fsp3) is 0.208. The summed E-state index contributed by atoms with van der Waals surface area (Å²) in [6.45, 7) is 1.67. The Morgan fingerprint density at radius 1 is 0.970 bits per heavy atom. The van der Waals surface area contributed by atoms with Crippen LogP contribution in [0.15, 0.2) is 58.6 Å². The lowest BCUT2D eigenvalue weighted by atomic mass is 9.94. The van der Waals surface area contributed by atoms with Crippen molar-refractivity contribution in [2.24, 2.45) is 0 Å². The van der Waals surface area contributed by atoms with Gasteiger partial charge in [-0.25, -0.2) is 0 Å². The predicted molar refractivity (Wildman–Crippen MR) is 119 cm³/mol. The molecule has 1 aliphatic rings. The molecule has 9 heteroatoms. The number of carbonyl (C=O) groups is 2. The van der Waals surface area contributed by atoms with Crippen LogP contribution in [-0.2, 0) is 9.59 Å². The minimum absolute atomic E-state index is 0.114. The highest BCUT2D eigenvalue weighted by Gasteiger charge is 2.49. The van der Waals surface area contributed by atoms with E-state index in [1.807, 2.05) is 0 Å². The first-order chi connectivity index (χ1) is 15.9. The molecule has 33 heavy (non-hydrogen) atoms. The lowest BCUT2D eigenvalue weighted by Crippen LogP contribution is -2.30. The van der Waals surface area contributed by atoms with Gasteiger partial charge >= 0.3 is 5.91 Å². The maximum absolute atomic E-state index is 13.2. The standard InChI is InChI=1S/C24H22N2O7/c1-13-11-19(25-33-13)26-21(17-12-16(31-3)9-10-18(17)32-4)20(23(28)24(26)29)22(27)14-5-7-15(30-2)8-6-14/h5-12,21,27H,1-4H3/t21-/m0/s1. The van der Waals surface area contributed by atoms with Crippen molar-refractivity contribution < 1.29 is 33.4 Å². The number of nitrogens with zero attached hydrogens (tertiary/aromatic N) is 2. The monoisotopic (exact) mass is 450 g/mol. The quantitative estimate of drug-likeness (QED) is 0.344. The molecule has 0 bridgehead atoms. The summed E-state index contributed by atoms with van der Waals surface area (Å²) in [5.41, 5.74) is 0.668. The van der Waals surface area contributed by atoms with Crippen LogP contribution >= 0.6 is 0 Å². The van der Waals surface area contributed by atoms with Crippen molar-refractivity contribution in [2.45, 2.75) is 13.0 Å². The van der Waals surface area contributed by atoms with Crippen molar-refractivity contribution >= 4 is 23.3 Å². The molecule has 0 radical (unpaired) electrons. The zero-order valence-electron chi connectivity index (χ0n) is 18.5. The average molecular weight is 450 g/mol. The Morgan fingerprint density at radius 2 is 1.64 bits per heavy atom. The van der Waals surface area contributed by atoms with E-state index in [9.17, 15) is 14.7 Å². The predicted octanol–water partition coefficient (Wildman–Crippen LogP) is 3.64. The molecule has 1 fully saturated rings. The minimum atomic E-state index is -1.04. The normalized spacial score (nSPS) is 17.3. The molecule has 9 nitrogen and oxygen atoms in total. The van der Waals surface area contributed by atoms with Crippen LogP contribution in [0.3, 0.4) is 0 Å². The van der Waals surface area contributed by atoms with E-state index in [1.165, 1.54) is 32.3 Å². The van der Waals surface area contributed by atoms with Crippen molar-refractivity contribution in [3.8, 4) is 17.2 Å². The van der Waals surface area contributed by atoms with E-state index in [2.05, 4.69) is 5.16 Å². The zero-order chi connectivity index (χ0) is 23.7. The third kappa shape index (κ3) is 3.78. The topological polar surface area (TPSA) is 111 Å². The first-order valence-electron chi connectivity index (χ1n) is 10.00. The fourth-order valence-corrected chi connectivity index (χ4v) is 3.79. The van der Waals surface area contributed by atoms with Crippen LogP contribution in [0.2, 0.25) is 0 Å². The summed E-state index contributed by atoms with van der Waals surface area (Å²) in [6.07, 6.45) is 0. The molecule has 0 aliphatic carbocycles. The van der Waals surface area contributed by atoms with E-state index < -0.39 is 17.7 Å². The van der Waals surface area contributed by atoms with Crippen LogP contribution in [0.4, 0.5) is 5.82 Å². The Kier molecular flexibility index (Phi) is 5.78. The first-order valence-corrected chi connectivity index (χ1v) is 10.00. The molecule has 0 spiro atoms. The SMILES string of the molecule is COc1ccc(C(O)=C2C(=O)C(=O)N(c3cc(C)on3)[C@H]2c2cc(OC)ccc2OC)cc1. The van der Waals surface area contributed by atoms with E-state index in [0.29, 0.717) is 34.1 Å². The van der Waals surface area contributed by atoms with E-state index >= 15 is 0 Å². The number of benzene rings is 2. The van der Waals surface area contributed by atoms with Crippen LogP contribution in [-0.4, -0.2) is 43.3 Å². The molecular weight excluding hydrogens is 428 g/mol. The molecule has 1 aliphatic heterocycles. The molecule has 0 saturated carbocycles. The third-order valence-electron chi connectivity index (χ3n) is 5.40. The lowest BCUT2D eigenvalue weighted by molar-refractivity contribution is -0.132. The molecule has 3 aromatic rings. The summed E-state index contributed by atoms with van der Waals surface area (Å²) in [5, 5.41) is 15.1. The van der Waals surface area contributed by atoms with Crippen LogP contribution in [0.5, 0.6) is 17.2 Å². The number of amides is 1. The van der Waals surface area contributed by atoms with E-state index in [0.717, 1.165) is 0 Å². The Hall–Kier alpha value is -4.27. The van der Waals surface area contributed by atoms with Gasteiger partial charge in [-0.3, -0.25) is 14.5 Å². The number of hydrogen-bond donors (Lipinski definition) is 1. The second kappa shape index (κ2) is 8.70. The fourth-order valence-electron chi connectivity index (χ4n) is 3.79. The Bertz CT molecular complexity index is 1240. The number of ether oxygens (including phenoxy) is 3. The van der Waals surface area contributed by atoms with Crippen molar-refractivity contribution in [3.05, 3.63) is 71.0 Å². The maximum atomic E-state index is 13.2. The summed E-state index contributed by atoms with van der Waals surface area (Å²) in [7, 11) is 4.50. The molecule has 1 aromatic heterocycles. The van der Waals surface area contributed by atoms with Gasteiger partial charge in [-0.2, -0.15) is 0 Å². The number of ketones is 1. The second-order valence-electron chi connectivity index (χ2n) is 7.30. The van der Waals surface area contributed by atoms with Crippen molar-refractivity contribution in [3.63, 3.8) is 0 Å². The van der Waals surface area contributed by atoms with Crippen molar-refractivity contribution in [1.29, 1.82) is 0 Å². The van der Waals surface area contributed by atoms with Gasteiger partial charge < -0.3 is 23.8 Å². The number of hydrogen-bond acceptors (Lipinski definition) is 8. The van der Waals surface area contributed by atoms with Crippen molar-refractivity contribution in [2.75, 3.05) is 26.2 Å². The Morgan fingerprint density at radius 3 is 2.21 bits per heavy atom. The highest BCUT2D eigenvalue weighted by atomic mass is 16.5. The smallest absolute Gasteiger partial charge is 0.301 e. The van der Waals surface area contributed by atoms with Crippen LogP contribution in [0.1, 0.15) is 22.9 Å². The van der Waals surface area contributed by atoms with Gasteiger partial charge in [0.1, 0.15) is 34.8 Å². The highest BCUT2D eigenvalue weighted by molar-refractivity contribution is 6.51. The van der Waals surface area contributed by atoms with Gasteiger partial charge in [0, 0.05) is 17.2 Å². The number of aliphatic hydroxyl groups excluding tert-OH is 1. The number of Topliss-reactive ketones (excluding diaryl/α,β-unsaturated/α-hetero) is 1. The number of rotatable bonds is 6. The van der Waals surface area contributed by atoms with Crippen molar-refractivity contribution in [1.82, 2.24) is 5.16 Å². The van der Waals surface area contributed by atoms with Gasteiger partial charge in [-0.05, 0) is 49.4 Å². The van der Waals surface area contributed by atoms with E-state index in [1.54, 1.807) is 49.4 Å². The van der Waals surface area contributed by atoms with Gasteiger partial charge in [0.25, 0.3) is 5.78 Å². The average Bonchev–Trinajstić information content (AvgIpc) is 3.38. The molecule has 1 amide bonds. The summed E-state index contributed by atoms with van der Waals surface area (Å²) >= 11 is 0. The molecule has 1 saturated heterocycles. The summed E-state index contributed by atoms with van der Waals surface area (Å²) in [5.74, 6) is -0.000794. The number of aromatic nitrogens is 1. The summed E-state index contributed by atoms with van der Waals surface area (Å²) < 4.78 is 21.2. The molecule has 1 N–H and O–H groups in total. The summed E-state index contributed by atoms with van der Waals surface area (Å²) in [6, 6.07) is 12.0. The van der Waals surface area contributed by atoms with Crippen LogP contribution in [0.25, 0.3) is 5.76 Å². The number of anilines is 1. The zero-order valence-corrected chi connectivity index (χ0v) is 18.5. The largest absolute Gasteiger partial charge is 0.507 e. The van der Waals surface area contributed by atoms with Crippen LogP contribution < -0.4 is 19.1 Å².